The molecule has 20 heavy (non-hydrogen) atoms. The summed E-state index contributed by atoms with van der Waals surface area (Å²) in [7, 11) is 0. The average Bonchev–Trinajstić information content (AvgIpc) is 2.63. The molecule has 0 aromatic carbocycles. The number of aliphatic hydroxyl groups excluding tert-OH is 1. The Balaban J connectivity index is 1.82. The van der Waals surface area contributed by atoms with E-state index < -0.39 is 24.0 Å². The highest BCUT2D eigenvalue weighted by atomic mass is 17.3. The van der Waals surface area contributed by atoms with Gasteiger partial charge in [0.2, 0.25) is 5.79 Å². The highest BCUT2D eigenvalue weighted by molar-refractivity contribution is 5.08. The van der Waals surface area contributed by atoms with Gasteiger partial charge in [-0.2, -0.15) is 0 Å². The molecule has 0 aromatic heterocycles. The van der Waals surface area contributed by atoms with Crippen molar-refractivity contribution in [3.05, 3.63) is 0 Å². The van der Waals surface area contributed by atoms with Gasteiger partial charge in [0.25, 0.3) is 0 Å². The van der Waals surface area contributed by atoms with Crippen LogP contribution in [0.4, 0.5) is 0 Å². The van der Waals surface area contributed by atoms with E-state index in [0.717, 1.165) is 19.3 Å². The van der Waals surface area contributed by atoms with Crippen molar-refractivity contribution >= 4 is 0 Å². The molecule has 4 heterocycles. The Bertz CT molecular complexity index is 411. The third-order valence-electron chi connectivity index (χ3n) is 6.12. The summed E-state index contributed by atoms with van der Waals surface area (Å²) in [5.41, 5.74) is -0.549. The monoisotopic (exact) mass is 284 g/mol. The minimum Gasteiger partial charge on any atom is -0.368 e. The molecular formula is C15H24O5. The quantitative estimate of drug-likeness (QED) is 0.691. The summed E-state index contributed by atoms with van der Waals surface area (Å²) < 4.78 is 11.9. The maximum Gasteiger partial charge on any atom is 0.201 e. The van der Waals surface area contributed by atoms with Crippen molar-refractivity contribution in [1.82, 2.24) is 0 Å². The molecule has 5 heteroatoms. The van der Waals surface area contributed by atoms with E-state index >= 15 is 0 Å². The van der Waals surface area contributed by atoms with Gasteiger partial charge in [-0.15, -0.1) is 0 Å². The van der Waals surface area contributed by atoms with Crippen molar-refractivity contribution in [3.8, 4) is 0 Å². The molecule has 1 N–H and O–H groups in total. The molecule has 1 aliphatic carbocycles. The summed E-state index contributed by atoms with van der Waals surface area (Å²) in [4.78, 5) is 11.6. The second kappa shape index (κ2) is 4.17. The summed E-state index contributed by atoms with van der Waals surface area (Å²) in [6.07, 6.45) is 2.72. The number of fused-ring (bicyclic) bond motifs is 2. The first-order valence-electron chi connectivity index (χ1n) is 7.84. The van der Waals surface area contributed by atoms with Gasteiger partial charge in [-0.05, 0) is 38.0 Å². The Morgan fingerprint density at radius 3 is 2.65 bits per heavy atom. The van der Waals surface area contributed by atoms with Gasteiger partial charge in [0, 0.05) is 18.3 Å². The standard InChI is InChI=1S/C15H24O5/c1-8-4-5-11-9(2)12(16)17-13-15(11)10(8)6-7-14(3,18-13)19-20-15/h8-13,16H,4-7H2,1-3H3/t8?,9?,10?,11?,12-,13+,14+,15+/m0/s1. The second-order valence-electron chi connectivity index (χ2n) is 7.30. The maximum atomic E-state index is 10.2. The van der Waals surface area contributed by atoms with E-state index in [0.29, 0.717) is 11.8 Å². The fraction of sp³-hybridized carbons (Fsp3) is 1.00. The van der Waals surface area contributed by atoms with E-state index in [1.165, 1.54) is 6.42 Å². The Morgan fingerprint density at radius 2 is 1.85 bits per heavy atom. The van der Waals surface area contributed by atoms with Crippen LogP contribution < -0.4 is 0 Å². The van der Waals surface area contributed by atoms with Gasteiger partial charge in [0.15, 0.2) is 18.2 Å². The third-order valence-corrected chi connectivity index (χ3v) is 6.12. The zero-order valence-electron chi connectivity index (χ0n) is 12.4. The summed E-state index contributed by atoms with van der Waals surface area (Å²) in [6, 6.07) is 0. The lowest BCUT2D eigenvalue weighted by Gasteiger charge is -2.59. The molecule has 2 bridgehead atoms. The predicted molar refractivity (Wildman–Crippen MR) is 69.0 cm³/mol. The zero-order chi connectivity index (χ0) is 14.1. The van der Waals surface area contributed by atoms with E-state index in [9.17, 15) is 5.11 Å². The van der Waals surface area contributed by atoms with E-state index in [2.05, 4.69) is 6.92 Å². The fourth-order valence-corrected chi connectivity index (χ4v) is 4.89. The number of hydrogen-bond donors (Lipinski definition) is 1. The van der Waals surface area contributed by atoms with Gasteiger partial charge >= 0.3 is 0 Å². The van der Waals surface area contributed by atoms with Gasteiger partial charge in [0.05, 0.1) is 0 Å². The zero-order valence-corrected chi connectivity index (χ0v) is 12.4. The van der Waals surface area contributed by atoms with E-state index in [1.807, 2.05) is 13.8 Å². The largest absolute Gasteiger partial charge is 0.368 e. The van der Waals surface area contributed by atoms with Crippen LogP contribution in [0.3, 0.4) is 0 Å². The molecule has 1 spiro atoms. The Labute approximate surface area is 119 Å². The highest BCUT2D eigenvalue weighted by Gasteiger charge is 2.69. The molecular weight excluding hydrogens is 260 g/mol. The van der Waals surface area contributed by atoms with Crippen LogP contribution >= 0.6 is 0 Å². The average molecular weight is 284 g/mol. The van der Waals surface area contributed by atoms with Crippen LogP contribution in [-0.4, -0.2) is 29.1 Å². The number of rotatable bonds is 0. The lowest BCUT2D eigenvalue weighted by Crippen LogP contribution is -2.70. The molecule has 1 saturated carbocycles. The lowest BCUT2D eigenvalue weighted by molar-refractivity contribution is -0.576. The molecule has 5 aliphatic rings. The number of aliphatic hydroxyl groups is 1. The molecule has 4 saturated heterocycles. The molecule has 4 unspecified atom stereocenters. The predicted octanol–water partition coefficient (Wildman–Crippen LogP) is 2.19. The van der Waals surface area contributed by atoms with Crippen LogP contribution in [-0.2, 0) is 19.2 Å². The Morgan fingerprint density at radius 1 is 1.05 bits per heavy atom. The van der Waals surface area contributed by atoms with E-state index in [4.69, 9.17) is 19.2 Å². The van der Waals surface area contributed by atoms with Crippen LogP contribution in [0, 0.1) is 23.7 Å². The van der Waals surface area contributed by atoms with E-state index in [-0.39, 0.29) is 11.8 Å². The molecule has 5 fully saturated rings. The molecule has 5 rings (SSSR count). The molecule has 0 aromatic rings. The lowest BCUT2D eigenvalue weighted by atomic mass is 9.58. The first-order chi connectivity index (χ1) is 9.46. The first kappa shape index (κ1) is 13.5. The van der Waals surface area contributed by atoms with Crippen LogP contribution in [0.15, 0.2) is 0 Å². The summed E-state index contributed by atoms with van der Waals surface area (Å²) in [6.45, 7) is 6.22. The normalized spacial score (nSPS) is 61.8. The SMILES string of the molecule is CC1CCC2C(C)[C@@H](O)O[C@@H]3O[C@@]4(C)CCC1[C@@]23OO4. The van der Waals surface area contributed by atoms with Crippen molar-refractivity contribution in [2.24, 2.45) is 23.7 Å². The summed E-state index contributed by atoms with van der Waals surface area (Å²) in [5, 5.41) is 10.2. The molecule has 114 valence electrons. The minimum absolute atomic E-state index is 0.0379. The van der Waals surface area contributed by atoms with Gasteiger partial charge in [-0.25, -0.2) is 9.78 Å². The van der Waals surface area contributed by atoms with Crippen molar-refractivity contribution in [1.29, 1.82) is 0 Å². The second-order valence-corrected chi connectivity index (χ2v) is 7.30. The van der Waals surface area contributed by atoms with Crippen LogP contribution in [0.2, 0.25) is 0 Å². The van der Waals surface area contributed by atoms with Crippen molar-refractivity contribution in [2.75, 3.05) is 0 Å². The van der Waals surface area contributed by atoms with Gasteiger partial charge in [-0.1, -0.05) is 13.8 Å². The van der Waals surface area contributed by atoms with Crippen molar-refractivity contribution in [3.63, 3.8) is 0 Å². The van der Waals surface area contributed by atoms with Crippen LogP contribution in [0.1, 0.15) is 46.5 Å². The number of hydrogen-bond acceptors (Lipinski definition) is 5. The minimum atomic E-state index is -0.781. The third kappa shape index (κ3) is 1.56. The van der Waals surface area contributed by atoms with Gasteiger partial charge < -0.3 is 14.6 Å². The highest BCUT2D eigenvalue weighted by Crippen LogP contribution is 2.60. The molecule has 5 nitrogen and oxygen atoms in total. The van der Waals surface area contributed by atoms with E-state index in [1.54, 1.807) is 0 Å². The number of ether oxygens (including phenoxy) is 2. The van der Waals surface area contributed by atoms with Crippen LogP contribution in [0.5, 0.6) is 0 Å². The Kier molecular flexibility index (Phi) is 2.81. The first-order valence-corrected chi connectivity index (χ1v) is 7.84. The topological polar surface area (TPSA) is 57.2 Å². The molecule has 0 radical (unpaired) electrons. The van der Waals surface area contributed by atoms with Crippen LogP contribution in [0.25, 0.3) is 0 Å². The summed E-state index contributed by atoms with van der Waals surface area (Å²) >= 11 is 0. The van der Waals surface area contributed by atoms with Crippen molar-refractivity contribution in [2.45, 2.75) is 70.4 Å². The fourth-order valence-electron chi connectivity index (χ4n) is 4.89. The smallest absolute Gasteiger partial charge is 0.201 e. The van der Waals surface area contributed by atoms with Gasteiger partial charge in [-0.3, -0.25) is 0 Å². The van der Waals surface area contributed by atoms with Crippen molar-refractivity contribution < 1.29 is 24.4 Å². The maximum absolute atomic E-state index is 10.2. The Hall–Kier alpha value is -0.200. The summed E-state index contributed by atoms with van der Waals surface area (Å²) in [5.74, 6) is 0.437. The molecule has 8 atom stereocenters. The molecule has 0 amide bonds. The van der Waals surface area contributed by atoms with Gasteiger partial charge in [0.1, 0.15) is 0 Å². The molecule has 4 aliphatic heterocycles.